The first-order valence-electron chi connectivity index (χ1n) is 14.7. The highest BCUT2D eigenvalue weighted by atomic mass is 16.2. The zero-order chi connectivity index (χ0) is 29.6. The number of carbonyl (C=O) groups is 2. The highest BCUT2D eigenvalue weighted by molar-refractivity contribution is 6.01. The van der Waals surface area contributed by atoms with Gasteiger partial charge in [-0.15, -0.1) is 0 Å². The molecule has 6 heteroatoms. The number of benzene rings is 4. The van der Waals surface area contributed by atoms with Gasteiger partial charge in [-0.1, -0.05) is 84.4 Å². The fourth-order valence-corrected chi connectivity index (χ4v) is 5.96. The smallest absolute Gasteiger partial charge is 0.253 e. The summed E-state index contributed by atoms with van der Waals surface area (Å²) in [5.41, 5.74) is 16.6. The van der Waals surface area contributed by atoms with E-state index in [2.05, 4.69) is 67.1 Å². The largest absolute Gasteiger partial charge is 0.384 e. The predicted octanol–water partition coefficient (Wildman–Crippen LogP) is 5.68. The van der Waals surface area contributed by atoms with Gasteiger partial charge in [0.15, 0.2) is 0 Å². The van der Waals surface area contributed by atoms with Gasteiger partial charge in [-0.3, -0.25) is 9.59 Å². The minimum atomic E-state index is -0.676. The molecule has 1 heterocycles. The van der Waals surface area contributed by atoms with Crippen LogP contribution in [-0.2, 0) is 24.2 Å². The van der Waals surface area contributed by atoms with E-state index in [9.17, 15) is 9.59 Å². The molecule has 0 saturated heterocycles. The zero-order valence-corrected chi connectivity index (χ0v) is 24.7. The molecule has 4 aromatic carbocycles. The Morgan fingerprint density at radius 3 is 2.19 bits per heavy atom. The van der Waals surface area contributed by atoms with Crippen molar-refractivity contribution in [2.24, 2.45) is 5.73 Å². The molecule has 0 radical (unpaired) electrons. The first-order chi connectivity index (χ1) is 20.3. The summed E-state index contributed by atoms with van der Waals surface area (Å²) in [6.45, 7) is 7.29. The number of nitrogens with one attached hydrogen (secondary N) is 3. The van der Waals surface area contributed by atoms with Crippen LogP contribution in [0.3, 0.4) is 0 Å². The third-order valence-electron chi connectivity index (χ3n) is 8.05. The molecule has 1 aliphatic heterocycles. The third kappa shape index (κ3) is 6.89. The summed E-state index contributed by atoms with van der Waals surface area (Å²) in [4.78, 5) is 27.0. The number of nitrogens with two attached hydrogens (primary N) is 1. The second-order valence-corrected chi connectivity index (χ2v) is 11.4. The Morgan fingerprint density at radius 2 is 1.52 bits per heavy atom. The summed E-state index contributed by atoms with van der Waals surface area (Å²) in [5, 5.41) is 9.76. The van der Waals surface area contributed by atoms with Crippen LogP contribution in [-0.4, -0.2) is 24.4 Å². The molecule has 0 aliphatic carbocycles. The first-order valence-corrected chi connectivity index (χ1v) is 14.7. The monoisotopic (exact) mass is 560 g/mol. The summed E-state index contributed by atoms with van der Waals surface area (Å²) in [6, 6.07) is 27.5. The summed E-state index contributed by atoms with van der Waals surface area (Å²) >= 11 is 0. The van der Waals surface area contributed by atoms with Gasteiger partial charge in [0, 0.05) is 13.1 Å². The van der Waals surface area contributed by atoms with Gasteiger partial charge in [-0.25, -0.2) is 0 Å². The molecule has 2 atom stereocenters. The van der Waals surface area contributed by atoms with Gasteiger partial charge in [0.2, 0.25) is 5.91 Å². The van der Waals surface area contributed by atoms with Crippen LogP contribution < -0.4 is 21.7 Å². The van der Waals surface area contributed by atoms with E-state index in [-0.39, 0.29) is 17.9 Å². The molecule has 0 aromatic heterocycles. The fourth-order valence-electron chi connectivity index (χ4n) is 5.96. The second kappa shape index (κ2) is 13.0. The molecule has 5 rings (SSSR count). The second-order valence-electron chi connectivity index (χ2n) is 11.4. The van der Waals surface area contributed by atoms with E-state index in [1.165, 1.54) is 5.56 Å². The number of hydrogen-bond donors (Lipinski definition) is 4. The van der Waals surface area contributed by atoms with Gasteiger partial charge < -0.3 is 21.7 Å². The average molecular weight is 561 g/mol. The van der Waals surface area contributed by atoms with Crippen molar-refractivity contribution in [3.05, 3.63) is 135 Å². The Labute approximate surface area is 248 Å². The number of anilines is 1. The highest BCUT2D eigenvalue weighted by Crippen LogP contribution is 2.35. The Balaban J connectivity index is 1.41. The molecule has 2 unspecified atom stereocenters. The normalized spacial score (nSPS) is 14.8. The van der Waals surface area contributed by atoms with Crippen molar-refractivity contribution in [2.45, 2.75) is 58.7 Å². The standard InChI is InChI=1S/C36H40N4O2/c1-23-16-24(2)29(25(3)17-23)21-32(37)36(42)40-33-14-15-38-34-30(33)19-28(18-26-10-6-4-7-11-26)20-31(34)35(41)39-22-27-12-8-5-9-13-27/h4-13,16-17,19-20,32-33,38H,14-15,18,21-22,37H2,1-3H3,(H,39,41)(H,40,42). The van der Waals surface area contributed by atoms with Crippen molar-refractivity contribution in [3.63, 3.8) is 0 Å². The average Bonchev–Trinajstić information content (AvgIpc) is 2.98. The summed E-state index contributed by atoms with van der Waals surface area (Å²) in [5.74, 6) is -0.331. The maximum atomic E-state index is 13.6. The molecule has 42 heavy (non-hydrogen) atoms. The Hall–Kier alpha value is -4.42. The van der Waals surface area contributed by atoms with Crippen molar-refractivity contribution in [3.8, 4) is 0 Å². The summed E-state index contributed by atoms with van der Waals surface area (Å²) in [7, 11) is 0. The van der Waals surface area contributed by atoms with Crippen LogP contribution >= 0.6 is 0 Å². The maximum absolute atomic E-state index is 13.6. The zero-order valence-electron chi connectivity index (χ0n) is 24.7. The minimum absolute atomic E-state index is 0.147. The SMILES string of the molecule is Cc1cc(C)c(CC(N)C(=O)NC2CCNc3c(C(=O)NCc4ccccc4)cc(Cc4ccccc4)cc32)c(C)c1. The number of aryl methyl sites for hydroxylation is 3. The molecule has 0 bridgehead atoms. The molecule has 1 aliphatic rings. The number of hydrogen-bond acceptors (Lipinski definition) is 4. The van der Waals surface area contributed by atoms with Crippen molar-refractivity contribution in [1.29, 1.82) is 0 Å². The number of amides is 2. The maximum Gasteiger partial charge on any atom is 0.253 e. The van der Waals surface area contributed by atoms with E-state index in [1.807, 2.05) is 54.6 Å². The van der Waals surface area contributed by atoms with Crippen molar-refractivity contribution in [1.82, 2.24) is 10.6 Å². The number of rotatable bonds is 9. The number of fused-ring (bicyclic) bond motifs is 1. The lowest BCUT2D eigenvalue weighted by Crippen LogP contribution is -2.45. The Bertz CT molecular complexity index is 1540. The molecule has 6 nitrogen and oxygen atoms in total. The fraction of sp³-hybridized carbons (Fsp3) is 0.278. The van der Waals surface area contributed by atoms with E-state index >= 15 is 0 Å². The predicted molar refractivity (Wildman–Crippen MR) is 170 cm³/mol. The molecule has 5 N–H and O–H groups in total. The van der Waals surface area contributed by atoms with Crippen LogP contribution in [0.5, 0.6) is 0 Å². The molecule has 0 saturated carbocycles. The van der Waals surface area contributed by atoms with Gasteiger partial charge in [0.25, 0.3) is 5.91 Å². The molecule has 2 amide bonds. The van der Waals surface area contributed by atoms with Crippen molar-refractivity contribution in [2.75, 3.05) is 11.9 Å². The quantitative estimate of drug-likeness (QED) is 0.212. The van der Waals surface area contributed by atoms with Gasteiger partial charge in [0.1, 0.15) is 0 Å². The van der Waals surface area contributed by atoms with Gasteiger partial charge in [0.05, 0.1) is 23.3 Å². The van der Waals surface area contributed by atoms with E-state index in [0.717, 1.165) is 44.6 Å². The van der Waals surface area contributed by atoms with Crippen LogP contribution in [0, 0.1) is 20.8 Å². The lowest BCUT2D eigenvalue weighted by molar-refractivity contribution is -0.123. The van der Waals surface area contributed by atoms with Crippen LogP contribution in [0.15, 0.2) is 84.9 Å². The Kier molecular flexibility index (Phi) is 9.03. The summed E-state index contributed by atoms with van der Waals surface area (Å²) < 4.78 is 0. The molecule has 4 aromatic rings. The molecular weight excluding hydrogens is 520 g/mol. The van der Waals surface area contributed by atoms with Crippen LogP contribution in [0.2, 0.25) is 0 Å². The van der Waals surface area contributed by atoms with Gasteiger partial charge in [-0.05, 0) is 85.0 Å². The van der Waals surface area contributed by atoms with Crippen LogP contribution in [0.1, 0.15) is 67.3 Å². The molecule has 0 fully saturated rings. The van der Waals surface area contributed by atoms with E-state index in [0.29, 0.717) is 37.9 Å². The minimum Gasteiger partial charge on any atom is -0.384 e. The highest BCUT2D eigenvalue weighted by Gasteiger charge is 2.28. The van der Waals surface area contributed by atoms with Gasteiger partial charge >= 0.3 is 0 Å². The first kappa shape index (κ1) is 29.1. The van der Waals surface area contributed by atoms with Crippen LogP contribution in [0.25, 0.3) is 0 Å². The molecule has 0 spiro atoms. The van der Waals surface area contributed by atoms with Crippen LogP contribution in [0.4, 0.5) is 5.69 Å². The van der Waals surface area contributed by atoms with Gasteiger partial charge in [-0.2, -0.15) is 0 Å². The third-order valence-corrected chi connectivity index (χ3v) is 8.05. The van der Waals surface area contributed by atoms with Crippen molar-refractivity contribution < 1.29 is 9.59 Å². The van der Waals surface area contributed by atoms with Crippen molar-refractivity contribution >= 4 is 17.5 Å². The number of carbonyl (C=O) groups excluding carboxylic acids is 2. The molecule has 216 valence electrons. The van der Waals surface area contributed by atoms with E-state index < -0.39 is 6.04 Å². The lowest BCUT2D eigenvalue weighted by Gasteiger charge is -2.31. The van der Waals surface area contributed by atoms with E-state index in [4.69, 9.17) is 5.73 Å². The lowest BCUT2D eigenvalue weighted by atomic mass is 9.89. The summed E-state index contributed by atoms with van der Waals surface area (Å²) in [6.07, 6.45) is 1.86. The Morgan fingerprint density at radius 1 is 0.881 bits per heavy atom. The topological polar surface area (TPSA) is 96.2 Å². The van der Waals surface area contributed by atoms with E-state index in [1.54, 1.807) is 0 Å². The molecular formula is C36H40N4O2.